The number of methoxy groups -OCH3 is 1. The van der Waals surface area contributed by atoms with Crippen LogP contribution in [0.15, 0.2) is 30.5 Å². The minimum atomic E-state index is -0.569. The Morgan fingerprint density at radius 1 is 1.19 bits per heavy atom. The van der Waals surface area contributed by atoms with Crippen LogP contribution >= 0.6 is 11.3 Å². The lowest BCUT2D eigenvalue weighted by molar-refractivity contribution is 0.00578. The molecule has 0 bridgehead atoms. The van der Waals surface area contributed by atoms with Crippen LogP contribution in [0.5, 0.6) is 5.75 Å². The molecule has 144 valence electrons. The number of rotatable bonds is 5. The number of carbonyl (C=O) groups excluding carboxylic acids is 1. The number of thiazole rings is 1. The maximum absolute atomic E-state index is 12.0. The fourth-order valence-corrected chi connectivity index (χ4v) is 3.17. The zero-order chi connectivity index (χ0) is 19.7. The van der Waals surface area contributed by atoms with Crippen molar-refractivity contribution in [2.24, 2.45) is 0 Å². The van der Waals surface area contributed by atoms with Crippen LogP contribution in [0.2, 0.25) is 0 Å². The molecule has 2 heterocycles. The van der Waals surface area contributed by atoms with Crippen LogP contribution in [-0.2, 0) is 20.7 Å². The molecule has 1 aromatic carbocycles. The normalized spacial score (nSPS) is 17.6. The summed E-state index contributed by atoms with van der Waals surface area (Å²) in [4.78, 5) is 16.2. The number of benzene rings is 1. The Bertz CT molecular complexity index is 790. The number of hydrogen-bond acceptors (Lipinski definition) is 7. The molecule has 1 aliphatic rings. The molecular weight excluding hydrogens is 367 g/mol. The first kappa shape index (κ1) is 19.7. The molecule has 0 saturated carbocycles. The molecule has 0 atom stereocenters. The van der Waals surface area contributed by atoms with Crippen LogP contribution in [0.3, 0.4) is 0 Å². The quantitative estimate of drug-likeness (QED) is 0.790. The first-order chi connectivity index (χ1) is 12.7. The number of nitrogens with one attached hydrogen (secondary N) is 1. The number of aromatic nitrogens is 1. The highest BCUT2D eigenvalue weighted by Gasteiger charge is 2.52. The lowest BCUT2D eigenvalue weighted by Gasteiger charge is -2.32. The third-order valence-electron chi connectivity index (χ3n) is 4.75. The maximum Gasteiger partial charge on any atom is 0.507 e. The Hall–Kier alpha value is -2.10. The summed E-state index contributed by atoms with van der Waals surface area (Å²) in [7, 11) is 1.10. The van der Waals surface area contributed by atoms with Gasteiger partial charge in [0.15, 0.2) is 5.13 Å². The first-order valence-electron chi connectivity index (χ1n) is 8.58. The Balaban J connectivity index is 1.53. The molecule has 1 amide bonds. The van der Waals surface area contributed by atoms with Gasteiger partial charge in [0.25, 0.3) is 0 Å². The summed E-state index contributed by atoms with van der Waals surface area (Å²) in [5, 5.41) is 3.06. The van der Waals surface area contributed by atoms with Gasteiger partial charge in [-0.25, -0.2) is 9.78 Å². The molecule has 27 heavy (non-hydrogen) atoms. The van der Waals surface area contributed by atoms with Crippen molar-refractivity contribution in [1.82, 2.24) is 4.98 Å². The maximum atomic E-state index is 12.0. The van der Waals surface area contributed by atoms with Crippen molar-refractivity contribution >= 4 is 34.5 Å². The van der Waals surface area contributed by atoms with Gasteiger partial charge in [-0.2, -0.15) is 0 Å². The standard InChI is InChI=1S/C18H23BN2O5S/c1-17(2)18(3,4)26-19(25-17)14-10-20-15(27-14)21-16(22)24-11-12-6-8-13(23-5)9-7-12/h6-10H,11H2,1-5H3,(H,20,21,22). The molecule has 3 rings (SSSR count). The minimum Gasteiger partial charge on any atom is -0.497 e. The summed E-state index contributed by atoms with van der Waals surface area (Å²) in [5.41, 5.74) is 0.0158. The average Bonchev–Trinajstić information content (AvgIpc) is 3.15. The summed E-state index contributed by atoms with van der Waals surface area (Å²) in [5.74, 6) is 0.751. The number of ether oxygens (including phenoxy) is 2. The van der Waals surface area contributed by atoms with Crippen LogP contribution in [0.1, 0.15) is 33.3 Å². The Kier molecular flexibility index (Phi) is 5.46. The van der Waals surface area contributed by atoms with Gasteiger partial charge in [-0.3, -0.25) is 5.32 Å². The number of hydrogen-bond donors (Lipinski definition) is 1. The lowest BCUT2D eigenvalue weighted by atomic mass is 9.89. The monoisotopic (exact) mass is 390 g/mol. The molecule has 1 fully saturated rings. The average molecular weight is 390 g/mol. The number of carbonyl (C=O) groups is 1. The van der Waals surface area contributed by atoms with Crippen LogP contribution in [0.25, 0.3) is 0 Å². The Morgan fingerprint density at radius 2 is 1.81 bits per heavy atom. The van der Waals surface area contributed by atoms with E-state index in [1.165, 1.54) is 11.3 Å². The largest absolute Gasteiger partial charge is 0.507 e. The van der Waals surface area contributed by atoms with Crippen molar-refractivity contribution in [3.05, 3.63) is 36.0 Å². The topological polar surface area (TPSA) is 78.9 Å². The van der Waals surface area contributed by atoms with Crippen LogP contribution in [-0.4, -0.2) is 36.5 Å². The van der Waals surface area contributed by atoms with E-state index >= 15 is 0 Å². The molecule has 0 aliphatic carbocycles. The lowest BCUT2D eigenvalue weighted by Crippen LogP contribution is -2.41. The van der Waals surface area contributed by atoms with Gasteiger partial charge in [0.05, 0.1) is 23.1 Å². The van der Waals surface area contributed by atoms with Gasteiger partial charge in [0.1, 0.15) is 12.4 Å². The van der Waals surface area contributed by atoms with Crippen molar-refractivity contribution in [1.29, 1.82) is 0 Å². The molecular formula is C18H23BN2O5S. The van der Waals surface area contributed by atoms with Crippen molar-refractivity contribution in [2.45, 2.75) is 45.5 Å². The van der Waals surface area contributed by atoms with E-state index in [0.29, 0.717) is 5.13 Å². The van der Waals surface area contributed by atoms with E-state index in [-0.39, 0.29) is 6.61 Å². The van der Waals surface area contributed by atoms with E-state index < -0.39 is 24.4 Å². The smallest absolute Gasteiger partial charge is 0.497 e. The number of nitrogens with zero attached hydrogens (tertiary/aromatic N) is 1. The highest BCUT2D eigenvalue weighted by molar-refractivity contribution is 7.25. The third-order valence-corrected chi connectivity index (χ3v) is 5.68. The number of amides is 1. The summed E-state index contributed by atoms with van der Waals surface area (Å²) in [6.45, 7) is 8.12. The fraction of sp³-hybridized carbons (Fsp3) is 0.444. The minimum absolute atomic E-state index is 0.158. The van der Waals surface area contributed by atoms with E-state index in [0.717, 1.165) is 16.1 Å². The zero-order valence-corrected chi connectivity index (χ0v) is 16.9. The van der Waals surface area contributed by atoms with Crippen molar-refractivity contribution in [3.63, 3.8) is 0 Å². The third kappa shape index (κ3) is 4.43. The van der Waals surface area contributed by atoms with Gasteiger partial charge >= 0.3 is 13.2 Å². The molecule has 2 aromatic rings. The Labute approximate surface area is 163 Å². The first-order valence-corrected chi connectivity index (χ1v) is 9.40. The van der Waals surface area contributed by atoms with Crippen LogP contribution < -0.4 is 14.8 Å². The second kappa shape index (κ2) is 7.50. The molecule has 0 radical (unpaired) electrons. The van der Waals surface area contributed by atoms with E-state index in [1.54, 1.807) is 13.3 Å². The second-order valence-corrected chi connectivity index (χ2v) is 8.27. The van der Waals surface area contributed by atoms with E-state index in [9.17, 15) is 4.79 Å². The zero-order valence-electron chi connectivity index (χ0n) is 16.1. The molecule has 9 heteroatoms. The van der Waals surface area contributed by atoms with Gasteiger partial charge in [0.2, 0.25) is 0 Å². The van der Waals surface area contributed by atoms with Crippen LogP contribution in [0, 0.1) is 0 Å². The van der Waals surface area contributed by atoms with Gasteiger partial charge < -0.3 is 18.8 Å². The summed E-state index contributed by atoms with van der Waals surface area (Å²) in [6, 6.07) is 7.31. The van der Waals surface area contributed by atoms with Gasteiger partial charge in [0, 0.05) is 6.20 Å². The van der Waals surface area contributed by atoms with Gasteiger partial charge in [-0.15, -0.1) is 11.3 Å². The van der Waals surface area contributed by atoms with Gasteiger partial charge in [-0.1, -0.05) is 12.1 Å². The summed E-state index contributed by atoms with van der Waals surface area (Å²) < 4.78 is 23.1. The molecule has 0 unspecified atom stereocenters. The highest BCUT2D eigenvalue weighted by Crippen LogP contribution is 2.37. The predicted molar refractivity (Wildman–Crippen MR) is 105 cm³/mol. The van der Waals surface area contributed by atoms with Crippen LogP contribution in [0.4, 0.5) is 9.93 Å². The van der Waals surface area contributed by atoms with Crippen molar-refractivity contribution in [2.75, 3.05) is 12.4 Å². The summed E-state index contributed by atoms with van der Waals surface area (Å²) in [6.07, 6.45) is 1.08. The van der Waals surface area contributed by atoms with Crippen molar-refractivity contribution in [3.8, 4) is 5.75 Å². The molecule has 1 N–H and O–H groups in total. The predicted octanol–water partition coefficient (Wildman–Crippen LogP) is 3.20. The molecule has 1 aliphatic heterocycles. The highest BCUT2D eigenvalue weighted by atomic mass is 32.1. The van der Waals surface area contributed by atoms with Gasteiger partial charge in [-0.05, 0) is 45.4 Å². The molecule has 1 aromatic heterocycles. The van der Waals surface area contributed by atoms with E-state index in [4.69, 9.17) is 18.8 Å². The SMILES string of the molecule is COc1ccc(COC(=O)Nc2ncc(B3OC(C)(C)C(C)(C)O3)s2)cc1. The van der Waals surface area contributed by atoms with E-state index in [1.807, 2.05) is 52.0 Å². The molecule has 1 saturated heterocycles. The van der Waals surface area contributed by atoms with E-state index in [2.05, 4.69) is 10.3 Å². The number of anilines is 1. The fourth-order valence-electron chi connectivity index (χ4n) is 2.41. The summed E-state index contributed by atoms with van der Waals surface area (Å²) >= 11 is 1.30. The van der Waals surface area contributed by atoms with Crippen molar-refractivity contribution < 1.29 is 23.6 Å². The molecule has 7 nitrogen and oxygen atoms in total. The second-order valence-electron chi connectivity index (χ2n) is 7.21. The Morgan fingerprint density at radius 3 is 2.41 bits per heavy atom. The molecule has 0 spiro atoms.